The molecular weight excluding hydrogens is 390 g/mol. The van der Waals surface area contributed by atoms with E-state index in [2.05, 4.69) is 10.3 Å². The summed E-state index contributed by atoms with van der Waals surface area (Å²) in [5.74, 6) is -0.197. The Morgan fingerprint density at radius 3 is 2.03 bits per heavy atom. The fourth-order valence-corrected chi connectivity index (χ4v) is 3.87. The maximum Gasteiger partial charge on any atom is 0.328 e. The molecule has 2 N–H and O–H groups in total. The zero-order valence-electron chi connectivity index (χ0n) is 17.2. The van der Waals surface area contributed by atoms with Crippen LogP contribution in [-0.4, -0.2) is 15.5 Å². The molecule has 4 aromatic rings. The highest BCUT2D eigenvalue weighted by Gasteiger charge is 2.30. The van der Waals surface area contributed by atoms with Crippen LogP contribution in [0.2, 0.25) is 0 Å². The number of aromatic nitrogens is 2. The van der Waals surface area contributed by atoms with E-state index in [1.54, 1.807) is 24.3 Å². The van der Waals surface area contributed by atoms with Crippen LogP contribution in [0.15, 0.2) is 94.5 Å². The van der Waals surface area contributed by atoms with Gasteiger partial charge >= 0.3 is 5.69 Å². The first-order valence-corrected chi connectivity index (χ1v) is 10.1. The molecule has 0 saturated heterocycles. The Kier molecular flexibility index (Phi) is 5.54. The number of amides is 1. The Labute approximate surface area is 179 Å². The zero-order chi connectivity index (χ0) is 21.8. The highest BCUT2D eigenvalue weighted by Crippen LogP contribution is 2.29. The van der Waals surface area contributed by atoms with Crippen LogP contribution in [0, 0.1) is 0 Å². The molecule has 3 aromatic carbocycles. The van der Waals surface area contributed by atoms with Crippen molar-refractivity contribution in [1.82, 2.24) is 14.9 Å². The SMILES string of the molecule is CC(NC(=O)CCn1c(=O)[nH]c(=O)c2ccccc21)(c1ccccc1)c1ccccc1. The second kappa shape index (κ2) is 8.44. The molecule has 31 heavy (non-hydrogen) atoms. The van der Waals surface area contributed by atoms with E-state index in [0.29, 0.717) is 10.9 Å². The Bertz CT molecular complexity index is 1290. The third kappa shape index (κ3) is 4.05. The van der Waals surface area contributed by atoms with E-state index in [0.717, 1.165) is 11.1 Å². The molecule has 0 saturated carbocycles. The predicted octanol–water partition coefficient (Wildman–Crippen LogP) is 3.16. The number of fused-ring (bicyclic) bond motifs is 1. The van der Waals surface area contributed by atoms with Crippen molar-refractivity contribution in [3.63, 3.8) is 0 Å². The van der Waals surface area contributed by atoms with Crippen molar-refractivity contribution in [2.45, 2.75) is 25.4 Å². The fourth-order valence-electron chi connectivity index (χ4n) is 3.87. The summed E-state index contributed by atoms with van der Waals surface area (Å²) in [5, 5.41) is 3.57. The van der Waals surface area contributed by atoms with Crippen LogP contribution >= 0.6 is 0 Å². The first kappa shape index (κ1) is 20.3. The highest BCUT2D eigenvalue weighted by molar-refractivity contribution is 5.79. The Balaban J connectivity index is 1.61. The van der Waals surface area contributed by atoms with Crippen LogP contribution in [0.25, 0.3) is 10.9 Å². The average Bonchev–Trinajstić information content (AvgIpc) is 2.80. The summed E-state index contributed by atoms with van der Waals surface area (Å²) in [6.07, 6.45) is 0.0885. The van der Waals surface area contributed by atoms with Crippen molar-refractivity contribution < 1.29 is 4.79 Å². The second-order valence-corrected chi connectivity index (χ2v) is 7.58. The molecule has 0 atom stereocenters. The van der Waals surface area contributed by atoms with Gasteiger partial charge < -0.3 is 5.32 Å². The van der Waals surface area contributed by atoms with E-state index >= 15 is 0 Å². The molecule has 156 valence electrons. The number of nitrogens with one attached hydrogen (secondary N) is 2. The van der Waals surface area contributed by atoms with Gasteiger partial charge in [-0.05, 0) is 30.2 Å². The van der Waals surface area contributed by atoms with Crippen molar-refractivity contribution in [2.75, 3.05) is 0 Å². The Morgan fingerprint density at radius 1 is 0.871 bits per heavy atom. The standard InChI is InChI=1S/C25H23N3O3/c1-25(18-10-4-2-5-11-18,19-12-6-3-7-13-19)27-22(29)16-17-28-21-15-9-8-14-20(21)23(30)26-24(28)31/h2-15H,16-17H2,1H3,(H,27,29)(H,26,30,31). The summed E-state index contributed by atoms with van der Waals surface area (Å²) in [4.78, 5) is 39.7. The topological polar surface area (TPSA) is 84.0 Å². The minimum absolute atomic E-state index is 0.0885. The van der Waals surface area contributed by atoms with Gasteiger partial charge in [-0.2, -0.15) is 0 Å². The maximum absolute atomic E-state index is 13.0. The van der Waals surface area contributed by atoms with E-state index in [-0.39, 0.29) is 18.9 Å². The molecule has 0 aliphatic heterocycles. The number of H-pyrrole nitrogens is 1. The van der Waals surface area contributed by atoms with Crippen molar-refractivity contribution in [1.29, 1.82) is 0 Å². The number of aryl methyl sites for hydroxylation is 1. The molecular formula is C25H23N3O3. The molecule has 0 radical (unpaired) electrons. The van der Waals surface area contributed by atoms with Crippen molar-refractivity contribution in [2.24, 2.45) is 0 Å². The molecule has 0 bridgehead atoms. The molecule has 1 aromatic heterocycles. The summed E-state index contributed by atoms with van der Waals surface area (Å²) in [5.41, 5.74) is 0.755. The number of carbonyl (C=O) groups is 1. The van der Waals surface area contributed by atoms with Gasteiger partial charge in [-0.25, -0.2) is 4.79 Å². The maximum atomic E-state index is 13.0. The summed E-state index contributed by atoms with van der Waals surface area (Å²) in [7, 11) is 0. The van der Waals surface area contributed by atoms with Crippen molar-refractivity contribution >= 4 is 16.8 Å². The predicted molar refractivity (Wildman–Crippen MR) is 121 cm³/mol. The van der Waals surface area contributed by atoms with Gasteiger partial charge in [-0.1, -0.05) is 72.8 Å². The number of benzene rings is 3. The lowest BCUT2D eigenvalue weighted by atomic mass is 9.84. The number of rotatable bonds is 6. The van der Waals surface area contributed by atoms with Crippen LogP contribution in [0.3, 0.4) is 0 Å². The molecule has 1 amide bonds. The van der Waals surface area contributed by atoms with Crippen LogP contribution in [0.1, 0.15) is 24.5 Å². The lowest BCUT2D eigenvalue weighted by Gasteiger charge is -2.32. The molecule has 4 rings (SSSR count). The summed E-state index contributed by atoms with van der Waals surface area (Å²) in [6.45, 7) is 2.12. The van der Waals surface area contributed by atoms with Crippen LogP contribution in [0.5, 0.6) is 0 Å². The molecule has 6 heteroatoms. The normalized spacial score (nSPS) is 11.4. The van der Waals surface area contributed by atoms with Gasteiger partial charge in [0.15, 0.2) is 0 Å². The number of aromatic amines is 1. The molecule has 0 aliphatic carbocycles. The Morgan fingerprint density at radius 2 is 1.42 bits per heavy atom. The van der Waals surface area contributed by atoms with Gasteiger partial charge in [-0.15, -0.1) is 0 Å². The lowest BCUT2D eigenvalue weighted by molar-refractivity contribution is -0.122. The number of para-hydroxylation sites is 1. The highest BCUT2D eigenvalue weighted by atomic mass is 16.2. The average molecular weight is 413 g/mol. The molecule has 0 spiro atoms. The summed E-state index contributed by atoms with van der Waals surface area (Å²) < 4.78 is 1.43. The van der Waals surface area contributed by atoms with Gasteiger partial charge in [0, 0.05) is 13.0 Å². The van der Waals surface area contributed by atoms with Gasteiger partial charge in [0.2, 0.25) is 5.91 Å². The number of nitrogens with zero attached hydrogens (tertiary/aromatic N) is 1. The lowest BCUT2D eigenvalue weighted by Crippen LogP contribution is -2.45. The quantitative estimate of drug-likeness (QED) is 0.509. The van der Waals surface area contributed by atoms with Crippen molar-refractivity contribution in [3.8, 4) is 0 Å². The summed E-state index contributed by atoms with van der Waals surface area (Å²) in [6, 6.07) is 26.4. The molecule has 6 nitrogen and oxygen atoms in total. The van der Waals surface area contributed by atoms with Gasteiger partial charge in [-0.3, -0.25) is 19.1 Å². The third-order valence-corrected chi connectivity index (χ3v) is 5.56. The van der Waals surface area contributed by atoms with E-state index < -0.39 is 16.8 Å². The molecule has 0 aliphatic rings. The molecule has 0 unspecified atom stereocenters. The van der Waals surface area contributed by atoms with E-state index in [1.807, 2.05) is 67.6 Å². The van der Waals surface area contributed by atoms with Gasteiger partial charge in [0.1, 0.15) is 0 Å². The molecule has 1 heterocycles. The first-order valence-electron chi connectivity index (χ1n) is 10.1. The smallest absolute Gasteiger partial charge is 0.328 e. The second-order valence-electron chi connectivity index (χ2n) is 7.58. The largest absolute Gasteiger partial charge is 0.343 e. The van der Waals surface area contributed by atoms with Gasteiger partial charge in [0.25, 0.3) is 5.56 Å². The van der Waals surface area contributed by atoms with Gasteiger partial charge in [0.05, 0.1) is 16.4 Å². The van der Waals surface area contributed by atoms with Crippen LogP contribution in [0.4, 0.5) is 0 Å². The zero-order valence-corrected chi connectivity index (χ0v) is 17.2. The Hall–Kier alpha value is -3.93. The van der Waals surface area contributed by atoms with Crippen molar-refractivity contribution in [3.05, 3.63) is 117 Å². The minimum atomic E-state index is -0.725. The van der Waals surface area contributed by atoms with E-state index in [9.17, 15) is 14.4 Å². The van der Waals surface area contributed by atoms with Crippen LogP contribution in [-0.2, 0) is 16.9 Å². The monoisotopic (exact) mass is 413 g/mol. The number of hydrogen-bond donors (Lipinski definition) is 2. The van der Waals surface area contributed by atoms with E-state index in [4.69, 9.17) is 0 Å². The third-order valence-electron chi connectivity index (χ3n) is 5.56. The molecule has 0 fully saturated rings. The fraction of sp³-hybridized carbons (Fsp3) is 0.160. The number of hydrogen-bond acceptors (Lipinski definition) is 3. The first-order chi connectivity index (χ1) is 15.0. The number of carbonyl (C=O) groups excluding carboxylic acids is 1. The van der Waals surface area contributed by atoms with Crippen LogP contribution < -0.4 is 16.6 Å². The summed E-state index contributed by atoms with van der Waals surface area (Å²) >= 11 is 0. The van der Waals surface area contributed by atoms with E-state index in [1.165, 1.54) is 4.57 Å². The minimum Gasteiger partial charge on any atom is -0.343 e.